The number of anilines is 2. The van der Waals surface area contributed by atoms with E-state index in [1.807, 2.05) is 0 Å². The van der Waals surface area contributed by atoms with E-state index in [4.69, 9.17) is 10.5 Å². The highest BCUT2D eigenvalue weighted by molar-refractivity contribution is 5.63. The lowest BCUT2D eigenvalue weighted by molar-refractivity contribution is 0.416. The number of nitrogens with two attached hydrogens (primary N) is 1. The zero-order chi connectivity index (χ0) is 13.8. The van der Waals surface area contributed by atoms with Crippen molar-refractivity contribution in [1.29, 1.82) is 0 Å². The Morgan fingerprint density at radius 3 is 2.84 bits per heavy atom. The monoisotopic (exact) mass is 266 g/mol. The average molecular weight is 266 g/mol. The van der Waals surface area contributed by atoms with Crippen LogP contribution in [0.25, 0.3) is 0 Å². The van der Waals surface area contributed by atoms with Crippen LogP contribution < -0.4 is 15.4 Å². The lowest BCUT2D eigenvalue weighted by Gasteiger charge is -2.24. The molecule has 1 fully saturated rings. The Balaban J connectivity index is 2.21. The van der Waals surface area contributed by atoms with Gasteiger partial charge in [0.15, 0.2) is 0 Å². The zero-order valence-electron chi connectivity index (χ0n) is 11.8. The molecule has 19 heavy (non-hydrogen) atoms. The number of hydrogen-bond acceptors (Lipinski definition) is 3. The highest BCUT2D eigenvalue weighted by Gasteiger charge is 2.19. The summed E-state index contributed by atoms with van der Waals surface area (Å²) >= 11 is 0. The van der Waals surface area contributed by atoms with Crippen LogP contribution in [-0.4, -0.2) is 20.2 Å². The second-order valence-corrected chi connectivity index (χ2v) is 5.24. The van der Waals surface area contributed by atoms with Gasteiger partial charge in [0, 0.05) is 25.2 Å². The lowest BCUT2D eigenvalue weighted by Crippen LogP contribution is -2.25. The maximum atomic E-state index is 14.1. The fraction of sp³-hybridized carbons (Fsp3) is 0.600. The zero-order valence-corrected chi connectivity index (χ0v) is 11.8. The molecule has 0 radical (unpaired) electrons. The first-order valence-corrected chi connectivity index (χ1v) is 7.03. The van der Waals surface area contributed by atoms with Crippen molar-refractivity contribution in [2.24, 2.45) is 5.92 Å². The Hall–Kier alpha value is -1.45. The third kappa shape index (κ3) is 3.11. The van der Waals surface area contributed by atoms with Crippen LogP contribution in [0.4, 0.5) is 15.8 Å². The Morgan fingerprint density at radius 1 is 1.37 bits per heavy atom. The van der Waals surface area contributed by atoms with Crippen LogP contribution in [0, 0.1) is 11.7 Å². The van der Waals surface area contributed by atoms with Crippen LogP contribution in [0.2, 0.25) is 0 Å². The van der Waals surface area contributed by atoms with E-state index in [1.165, 1.54) is 18.9 Å². The largest absolute Gasteiger partial charge is 0.495 e. The molecule has 1 aromatic carbocycles. The fourth-order valence-corrected chi connectivity index (χ4v) is 2.79. The second-order valence-electron chi connectivity index (χ2n) is 5.24. The first-order valence-electron chi connectivity index (χ1n) is 7.03. The predicted molar refractivity (Wildman–Crippen MR) is 77.2 cm³/mol. The first kappa shape index (κ1) is 14.0. The Morgan fingerprint density at radius 2 is 2.16 bits per heavy atom. The third-order valence-corrected chi connectivity index (χ3v) is 4.06. The molecule has 2 N–H and O–H groups in total. The Kier molecular flexibility index (Phi) is 4.51. The topological polar surface area (TPSA) is 38.5 Å². The van der Waals surface area contributed by atoms with Gasteiger partial charge in [0.05, 0.1) is 18.5 Å². The molecule has 0 saturated carbocycles. The minimum Gasteiger partial charge on any atom is -0.495 e. The molecule has 106 valence electrons. The van der Waals surface area contributed by atoms with Crippen LogP contribution in [0.1, 0.15) is 32.6 Å². The van der Waals surface area contributed by atoms with Crippen molar-refractivity contribution in [2.45, 2.75) is 32.6 Å². The van der Waals surface area contributed by atoms with E-state index in [1.54, 1.807) is 13.2 Å². The molecule has 1 heterocycles. The highest BCUT2D eigenvalue weighted by Crippen LogP contribution is 2.32. The predicted octanol–water partition coefficient (Wildman–Crippen LogP) is 3.43. The van der Waals surface area contributed by atoms with Crippen LogP contribution in [0.15, 0.2) is 12.1 Å². The summed E-state index contributed by atoms with van der Waals surface area (Å²) in [5.41, 5.74) is 6.69. The minimum atomic E-state index is -0.256. The fourth-order valence-electron chi connectivity index (χ4n) is 2.79. The van der Waals surface area contributed by atoms with E-state index < -0.39 is 0 Å². The molecule has 0 bridgehead atoms. The summed E-state index contributed by atoms with van der Waals surface area (Å²) in [6.45, 7) is 4.04. The molecule has 1 saturated heterocycles. The molecule has 0 spiro atoms. The number of halogens is 1. The standard InChI is InChI=1S/C15H23FN2O/c1-3-11-5-4-7-18(8-6-11)14-10-15(19-2)13(17)9-12(14)16/h9-11H,3-8,17H2,1-2H3. The minimum absolute atomic E-state index is 0.256. The van der Waals surface area contributed by atoms with E-state index in [-0.39, 0.29) is 5.82 Å². The van der Waals surface area contributed by atoms with Gasteiger partial charge in [-0.05, 0) is 25.2 Å². The molecule has 0 amide bonds. The molecule has 4 heteroatoms. The maximum absolute atomic E-state index is 14.1. The molecular formula is C15H23FN2O. The summed E-state index contributed by atoms with van der Waals surface area (Å²) in [7, 11) is 1.56. The number of benzene rings is 1. The van der Waals surface area contributed by atoms with E-state index in [2.05, 4.69) is 11.8 Å². The van der Waals surface area contributed by atoms with Crippen molar-refractivity contribution in [3.63, 3.8) is 0 Å². The van der Waals surface area contributed by atoms with Gasteiger partial charge in [-0.1, -0.05) is 13.3 Å². The van der Waals surface area contributed by atoms with Gasteiger partial charge in [0.25, 0.3) is 0 Å². The van der Waals surface area contributed by atoms with Crippen molar-refractivity contribution in [3.8, 4) is 5.75 Å². The van der Waals surface area contributed by atoms with Crippen molar-refractivity contribution in [3.05, 3.63) is 17.9 Å². The average Bonchev–Trinajstić information content (AvgIpc) is 2.64. The van der Waals surface area contributed by atoms with Gasteiger partial charge in [-0.3, -0.25) is 0 Å². The van der Waals surface area contributed by atoms with Crippen molar-refractivity contribution >= 4 is 11.4 Å². The molecule has 1 aliphatic rings. The van der Waals surface area contributed by atoms with E-state index in [9.17, 15) is 4.39 Å². The SMILES string of the molecule is CCC1CCCN(c2cc(OC)c(N)cc2F)CC1. The normalized spacial score (nSPS) is 20.2. The molecule has 1 aromatic rings. The number of nitrogen functional groups attached to an aromatic ring is 1. The van der Waals surface area contributed by atoms with Crippen molar-refractivity contribution in [2.75, 3.05) is 30.8 Å². The summed E-state index contributed by atoms with van der Waals surface area (Å²) in [5, 5.41) is 0. The van der Waals surface area contributed by atoms with Crippen molar-refractivity contribution in [1.82, 2.24) is 0 Å². The molecular weight excluding hydrogens is 243 g/mol. The van der Waals surface area contributed by atoms with Crippen LogP contribution in [-0.2, 0) is 0 Å². The molecule has 1 atom stereocenters. The van der Waals surface area contributed by atoms with Crippen molar-refractivity contribution < 1.29 is 9.13 Å². The molecule has 0 aromatic heterocycles. The van der Waals surface area contributed by atoms with Gasteiger partial charge in [-0.2, -0.15) is 0 Å². The summed E-state index contributed by atoms with van der Waals surface area (Å²) in [6.07, 6.45) is 4.69. The second kappa shape index (κ2) is 6.13. The molecule has 2 rings (SSSR count). The smallest absolute Gasteiger partial charge is 0.148 e. The summed E-state index contributed by atoms with van der Waals surface area (Å²) < 4.78 is 19.3. The quantitative estimate of drug-likeness (QED) is 0.852. The number of nitrogens with zero attached hydrogens (tertiary/aromatic N) is 1. The highest BCUT2D eigenvalue weighted by atomic mass is 19.1. The van der Waals surface area contributed by atoms with Gasteiger partial charge < -0.3 is 15.4 Å². The first-order chi connectivity index (χ1) is 9.15. The number of rotatable bonds is 3. The lowest BCUT2D eigenvalue weighted by atomic mass is 9.98. The Bertz CT molecular complexity index is 436. The van der Waals surface area contributed by atoms with Gasteiger partial charge in [0.1, 0.15) is 11.6 Å². The maximum Gasteiger partial charge on any atom is 0.148 e. The van der Waals surface area contributed by atoms with Crippen LogP contribution in [0.5, 0.6) is 5.75 Å². The third-order valence-electron chi connectivity index (χ3n) is 4.06. The summed E-state index contributed by atoms with van der Waals surface area (Å²) in [5.74, 6) is 1.06. The van der Waals surface area contributed by atoms with Gasteiger partial charge >= 0.3 is 0 Å². The van der Waals surface area contributed by atoms with E-state index in [0.29, 0.717) is 17.1 Å². The molecule has 1 aliphatic heterocycles. The molecule has 0 aliphatic carbocycles. The van der Waals surface area contributed by atoms with Crippen LogP contribution >= 0.6 is 0 Å². The molecule has 1 unspecified atom stereocenters. The summed E-state index contributed by atoms with van der Waals surface area (Å²) in [4.78, 5) is 2.12. The van der Waals surface area contributed by atoms with Gasteiger partial charge in [-0.25, -0.2) is 4.39 Å². The summed E-state index contributed by atoms with van der Waals surface area (Å²) in [6, 6.07) is 3.08. The number of ether oxygens (including phenoxy) is 1. The Labute approximate surface area is 114 Å². The van der Waals surface area contributed by atoms with Crippen LogP contribution in [0.3, 0.4) is 0 Å². The van der Waals surface area contributed by atoms with Gasteiger partial charge in [-0.15, -0.1) is 0 Å². The number of methoxy groups -OCH3 is 1. The number of hydrogen-bond donors (Lipinski definition) is 1. The van der Waals surface area contributed by atoms with Gasteiger partial charge in [0.2, 0.25) is 0 Å². The molecule has 3 nitrogen and oxygen atoms in total. The van der Waals surface area contributed by atoms with E-state index in [0.717, 1.165) is 31.8 Å². The van der Waals surface area contributed by atoms with E-state index >= 15 is 0 Å².